The molecule has 29 heavy (non-hydrogen) atoms. The van der Waals surface area contributed by atoms with Crippen molar-refractivity contribution < 1.29 is 14.6 Å². The number of nitrogens with one attached hydrogen (secondary N) is 1. The molecular weight excluding hydrogens is 364 g/mol. The summed E-state index contributed by atoms with van der Waals surface area (Å²) in [6.45, 7) is 0.662. The van der Waals surface area contributed by atoms with Crippen LogP contribution in [0.4, 0.5) is 0 Å². The fourth-order valence-electron chi connectivity index (χ4n) is 2.78. The van der Waals surface area contributed by atoms with Gasteiger partial charge in [-0.3, -0.25) is 4.79 Å². The number of carbonyl (C=O) groups is 1. The Morgan fingerprint density at radius 1 is 0.931 bits per heavy atom. The van der Waals surface area contributed by atoms with Gasteiger partial charge in [0, 0.05) is 0 Å². The summed E-state index contributed by atoms with van der Waals surface area (Å²) in [6, 6.07) is 24.4. The van der Waals surface area contributed by atoms with Gasteiger partial charge in [-0.1, -0.05) is 42.5 Å². The lowest BCUT2D eigenvalue weighted by Gasteiger charge is -2.06. The quantitative estimate of drug-likeness (QED) is 0.329. The Kier molecular flexibility index (Phi) is 7.41. The Bertz CT molecular complexity index is 921. The summed E-state index contributed by atoms with van der Waals surface area (Å²) >= 11 is 0. The molecule has 0 unspecified atom stereocenters. The normalized spacial score (nSPS) is 10.8. The molecule has 0 bridgehead atoms. The van der Waals surface area contributed by atoms with Crippen molar-refractivity contribution >= 4 is 12.1 Å². The molecule has 148 valence electrons. The number of aryl methyl sites for hydroxylation is 1. The third-order valence-corrected chi connectivity index (χ3v) is 4.31. The molecule has 0 spiro atoms. The number of ether oxygens (including phenoxy) is 1. The zero-order chi connectivity index (χ0) is 20.3. The van der Waals surface area contributed by atoms with E-state index in [1.54, 1.807) is 30.5 Å². The van der Waals surface area contributed by atoms with Crippen LogP contribution in [0.2, 0.25) is 0 Å². The average molecular weight is 388 g/mol. The van der Waals surface area contributed by atoms with Gasteiger partial charge in [0.2, 0.25) is 5.91 Å². The first kappa shape index (κ1) is 20.1. The lowest BCUT2D eigenvalue weighted by molar-refractivity contribution is -0.120. The highest BCUT2D eigenvalue weighted by Crippen LogP contribution is 2.12. The van der Waals surface area contributed by atoms with E-state index in [9.17, 15) is 9.90 Å². The molecule has 3 aromatic carbocycles. The minimum Gasteiger partial charge on any atom is -0.508 e. The Morgan fingerprint density at radius 3 is 2.38 bits per heavy atom. The Hall–Kier alpha value is -3.60. The molecule has 0 aliphatic rings. The largest absolute Gasteiger partial charge is 0.508 e. The van der Waals surface area contributed by atoms with Gasteiger partial charge in [-0.2, -0.15) is 5.10 Å². The van der Waals surface area contributed by atoms with Gasteiger partial charge in [0.1, 0.15) is 11.5 Å². The highest BCUT2D eigenvalue weighted by molar-refractivity contribution is 5.83. The number of amides is 1. The first-order valence-electron chi connectivity index (χ1n) is 9.56. The van der Waals surface area contributed by atoms with Crippen LogP contribution in [0.1, 0.15) is 23.1 Å². The second-order valence-corrected chi connectivity index (χ2v) is 6.64. The van der Waals surface area contributed by atoms with E-state index in [1.807, 2.05) is 42.5 Å². The average Bonchev–Trinajstić information content (AvgIpc) is 2.75. The third-order valence-electron chi connectivity index (χ3n) is 4.31. The van der Waals surface area contributed by atoms with Crippen molar-refractivity contribution in [3.8, 4) is 11.5 Å². The molecule has 0 aliphatic carbocycles. The van der Waals surface area contributed by atoms with Crippen LogP contribution < -0.4 is 10.2 Å². The van der Waals surface area contributed by atoms with E-state index in [0.717, 1.165) is 29.7 Å². The number of nitrogens with zero attached hydrogens (tertiary/aromatic N) is 1. The number of rotatable bonds is 9. The summed E-state index contributed by atoms with van der Waals surface area (Å²) in [5.41, 5.74) is 5.49. The smallest absolute Gasteiger partial charge is 0.244 e. The van der Waals surface area contributed by atoms with Crippen molar-refractivity contribution in [3.63, 3.8) is 0 Å². The van der Waals surface area contributed by atoms with E-state index < -0.39 is 0 Å². The molecule has 0 fully saturated rings. The summed E-state index contributed by atoms with van der Waals surface area (Å²) in [4.78, 5) is 11.9. The van der Waals surface area contributed by atoms with E-state index >= 15 is 0 Å². The molecule has 5 nitrogen and oxygen atoms in total. The summed E-state index contributed by atoms with van der Waals surface area (Å²) in [6.07, 6.45) is 3.75. The fourth-order valence-corrected chi connectivity index (χ4v) is 2.78. The lowest BCUT2D eigenvalue weighted by atomic mass is 10.1. The Morgan fingerprint density at radius 2 is 1.66 bits per heavy atom. The van der Waals surface area contributed by atoms with Crippen molar-refractivity contribution in [2.75, 3.05) is 6.61 Å². The van der Waals surface area contributed by atoms with Crippen molar-refractivity contribution in [1.29, 1.82) is 0 Å². The second-order valence-electron chi connectivity index (χ2n) is 6.64. The first-order chi connectivity index (χ1) is 14.2. The molecular formula is C24H24N2O3. The molecule has 1 amide bonds. The summed E-state index contributed by atoms with van der Waals surface area (Å²) in [7, 11) is 0. The van der Waals surface area contributed by atoms with Gasteiger partial charge in [-0.25, -0.2) is 5.43 Å². The van der Waals surface area contributed by atoms with E-state index in [0.29, 0.717) is 6.61 Å². The van der Waals surface area contributed by atoms with Gasteiger partial charge in [0.05, 0.1) is 19.2 Å². The van der Waals surface area contributed by atoms with Crippen LogP contribution in [0.5, 0.6) is 11.5 Å². The molecule has 5 heteroatoms. The number of hydrazone groups is 1. The van der Waals surface area contributed by atoms with Crippen LogP contribution in [0.3, 0.4) is 0 Å². The maximum absolute atomic E-state index is 11.9. The highest BCUT2D eigenvalue weighted by Gasteiger charge is 2.02. The molecule has 0 atom stereocenters. The number of carbonyl (C=O) groups excluding carboxylic acids is 1. The number of aromatic hydroxyl groups is 1. The zero-order valence-corrected chi connectivity index (χ0v) is 16.1. The fraction of sp³-hybridized carbons (Fsp3) is 0.167. The molecule has 0 heterocycles. The lowest BCUT2D eigenvalue weighted by Crippen LogP contribution is -2.19. The minimum absolute atomic E-state index is 0.177. The standard InChI is InChI=1S/C24H24N2O3/c27-22-12-8-20(9-13-22)17-24(28)26-25-18-21-10-14-23(15-11-21)29-16-4-7-19-5-2-1-3-6-19/h1-3,5-6,8-15,18,27H,4,7,16-17H2,(H,26,28)/b25-18-. The molecule has 0 saturated carbocycles. The van der Waals surface area contributed by atoms with Gasteiger partial charge in [0.15, 0.2) is 0 Å². The van der Waals surface area contributed by atoms with Gasteiger partial charge < -0.3 is 9.84 Å². The van der Waals surface area contributed by atoms with E-state index in [-0.39, 0.29) is 18.1 Å². The number of phenols is 1. The van der Waals surface area contributed by atoms with Crippen LogP contribution >= 0.6 is 0 Å². The van der Waals surface area contributed by atoms with Crippen LogP contribution in [0.25, 0.3) is 0 Å². The predicted octanol–water partition coefficient (Wildman–Crippen LogP) is 4.10. The number of hydrogen-bond acceptors (Lipinski definition) is 4. The van der Waals surface area contributed by atoms with Gasteiger partial charge in [-0.05, 0) is 65.9 Å². The van der Waals surface area contributed by atoms with E-state index in [4.69, 9.17) is 4.74 Å². The van der Waals surface area contributed by atoms with Crippen LogP contribution in [0, 0.1) is 0 Å². The molecule has 0 saturated heterocycles. The van der Waals surface area contributed by atoms with Crippen molar-refractivity contribution in [3.05, 3.63) is 95.6 Å². The zero-order valence-electron chi connectivity index (χ0n) is 16.1. The summed E-state index contributed by atoms with van der Waals surface area (Å²) in [5, 5.41) is 13.2. The molecule has 3 aromatic rings. The number of hydrogen-bond donors (Lipinski definition) is 2. The van der Waals surface area contributed by atoms with Crippen LogP contribution in [-0.4, -0.2) is 23.8 Å². The van der Waals surface area contributed by atoms with Gasteiger partial charge in [0.25, 0.3) is 0 Å². The van der Waals surface area contributed by atoms with Crippen LogP contribution in [-0.2, 0) is 17.6 Å². The maximum Gasteiger partial charge on any atom is 0.244 e. The van der Waals surface area contributed by atoms with Crippen molar-refractivity contribution in [2.24, 2.45) is 5.10 Å². The summed E-state index contributed by atoms with van der Waals surface area (Å²) in [5.74, 6) is 0.771. The molecule has 3 rings (SSSR count). The maximum atomic E-state index is 11.9. The highest BCUT2D eigenvalue weighted by atomic mass is 16.5. The summed E-state index contributed by atoms with van der Waals surface area (Å²) < 4.78 is 5.77. The van der Waals surface area contributed by atoms with Gasteiger partial charge >= 0.3 is 0 Å². The van der Waals surface area contributed by atoms with E-state index in [2.05, 4.69) is 22.7 Å². The molecule has 0 aliphatic heterocycles. The second kappa shape index (κ2) is 10.7. The van der Waals surface area contributed by atoms with E-state index in [1.165, 1.54) is 5.56 Å². The molecule has 0 aromatic heterocycles. The molecule has 2 N–H and O–H groups in total. The number of benzene rings is 3. The van der Waals surface area contributed by atoms with Crippen LogP contribution in [0.15, 0.2) is 84.0 Å². The molecule has 0 radical (unpaired) electrons. The third kappa shape index (κ3) is 7.14. The topological polar surface area (TPSA) is 70.9 Å². The number of phenolic OH excluding ortho intramolecular Hbond substituents is 1. The SMILES string of the molecule is O=C(Cc1ccc(O)cc1)N/N=C\c1ccc(OCCCc2ccccc2)cc1. The van der Waals surface area contributed by atoms with Crippen molar-refractivity contribution in [1.82, 2.24) is 5.43 Å². The Labute approximate surface area is 170 Å². The minimum atomic E-state index is -0.217. The first-order valence-corrected chi connectivity index (χ1v) is 9.56. The monoisotopic (exact) mass is 388 g/mol. The predicted molar refractivity (Wildman–Crippen MR) is 114 cm³/mol. The van der Waals surface area contributed by atoms with Crippen molar-refractivity contribution in [2.45, 2.75) is 19.3 Å². The Balaban J connectivity index is 1.38. The van der Waals surface area contributed by atoms with Gasteiger partial charge in [-0.15, -0.1) is 0 Å².